The summed E-state index contributed by atoms with van der Waals surface area (Å²) in [5, 5.41) is 37.8. The van der Waals surface area contributed by atoms with Crippen molar-refractivity contribution in [2.24, 2.45) is 10.2 Å². The third kappa shape index (κ3) is 9.16. The van der Waals surface area contributed by atoms with Crippen molar-refractivity contribution >= 4 is 27.4 Å². The van der Waals surface area contributed by atoms with Crippen LogP contribution in [0.3, 0.4) is 0 Å². The summed E-state index contributed by atoms with van der Waals surface area (Å²) in [6.07, 6.45) is 0.0866. The molecule has 0 fully saturated rings. The lowest BCUT2D eigenvalue weighted by atomic mass is 10.1. The molecule has 0 aliphatic carbocycles. The Morgan fingerprint density at radius 3 is 2.35 bits per heavy atom. The highest BCUT2D eigenvalue weighted by Gasteiger charge is 2.25. The van der Waals surface area contributed by atoms with E-state index in [1.807, 2.05) is 13.0 Å². The van der Waals surface area contributed by atoms with Gasteiger partial charge >= 0.3 is 5.97 Å². The highest BCUT2D eigenvalue weighted by atomic mass is 32.2. The zero-order chi connectivity index (χ0) is 32.3. The first-order valence-electron chi connectivity index (χ1n) is 13.4. The minimum Gasteiger partial charge on any atom is -0.493 e. The van der Waals surface area contributed by atoms with E-state index in [1.54, 1.807) is 6.92 Å². The largest absolute Gasteiger partial charge is 0.493 e. The molecule has 1 unspecified atom stereocenters. The molecule has 0 bridgehead atoms. The predicted molar refractivity (Wildman–Crippen MR) is 159 cm³/mol. The van der Waals surface area contributed by atoms with Gasteiger partial charge in [0, 0.05) is 30.8 Å². The number of ether oxygens (including phenoxy) is 2. The van der Waals surface area contributed by atoms with E-state index >= 15 is 0 Å². The van der Waals surface area contributed by atoms with Gasteiger partial charge in [-0.25, -0.2) is 13.2 Å². The van der Waals surface area contributed by atoms with E-state index in [0.29, 0.717) is 12.0 Å². The quantitative estimate of drug-likeness (QED) is 0.0927. The van der Waals surface area contributed by atoms with Gasteiger partial charge in [-0.3, -0.25) is 9.36 Å². The molecule has 1 heterocycles. The zero-order valence-electron chi connectivity index (χ0n) is 24.7. The fourth-order valence-corrected chi connectivity index (χ4v) is 5.05. The number of unbranched alkanes of at least 4 members (excludes halogenated alkanes) is 1. The molecular formula is C29H37N5O8S. The zero-order valence-corrected chi connectivity index (χ0v) is 25.6. The monoisotopic (exact) mass is 615 g/mol. The van der Waals surface area contributed by atoms with Crippen LogP contribution in [0.1, 0.15) is 44.7 Å². The Labute approximate surface area is 251 Å². The van der Waals surface area contributed by atoms with Gasteiger partial charge in [0.25, 0.3) is 5.56 Å². The number of sulfonamides is 1. The maximum Gasteiger partial charge on any atom is 0.333 e. The smallest absolute Gasteiger partial charge is 0.333 e. The van der Waals surface area contributed by atoms with E-state index in [2.05, 4.69) is 23.4 Å². The van der Waals surface area contributed by atoms with Gasteiger partial charge in [0.05, 0.1) is 17.2 Å². The van der Waals surface area contributed by atoms with Crippen LogP contribution in [-0.4, -0.2) is 66.1 Å². The summed E-state index contributed by atoms with van der Waals surface area (Å²) in [4.78, 5) is 24.6. The summed E-state index contributed by atoms with van der Waals surface area (Å²) in [6.45, 7) is 12.9. The molecule has 0 saturated heterocycles. The second kappa shape index (κ2) is 15.9. The minimum atomic E-state index is -4.12. The van der Waals surface area contributed by atoms with Crippen molar-refractivity contribution in [1.82, 2.24) is 8.87 Å². The van der Waals surface area contributed by atoms with Crippen LogP contribution >= 0.6 is 0 Å². The van der Waals surface area contributed by atoms with Crippen LogP contribution in [-0.2, 0) is 30.8 Å². The molecule has 1 aromatic carbocycles. The van der Waals surface area contributed by atoms with Crippen molar-refractivity contribution in [3.63, 3.8) is 0 Å². The number of benzene rings is 1. The van der Waals surface area contributed by atoms with Gasteiger partial charge in [-0.1, -0.05) is 26.5 Å². The highest BCUT2D eigenvalue weighted by Crippen LogP contribution is 2.28. The van der Waals surface area contributed by atoms with Crippen LogP contribution in [0.2, 0.25) is 0 Å². The number of nitriles is 1. The third-order valence-corrected chi connectivity index (χ3v) is 8.12. The number of pyridine rings is 1. The lowest BCUT2D eigenvalue weighted by Crippen LogP contribution is -2.37. The van der Waals surface area contributed by atoms with E-state index in [9.17, 15) is 33.5 Å². The fourth-order valence-electron chi connectivity index (χ4n) is 3.65. The number of aromatic hydroxyl groups is 1. The first kappa shape index (κ1) is 35.0. The molecule has 0 aliphatic rings. The number of carbonyl (C=O) groups excluding carboxylic acids is 1. The van der Waals surface area contributed by atoms with Gasteiger partial charge in [0.1, 0.15) is 18.2 Å². The number of azo groups is 1. The number of hydrogen-bond donors (Lipinski definition) is 2. The summed E-state index contributed by atoms with van der Waals surface area (Å²) in [5.41, 5.74) is 0.0999. The van der Waals surface area contributed by atoms with Crippen molar-refractivity contribution in [3.05, 3.63) is 70.1 Å². The molecule has 1 atom stereocenters. The maximum atomic E-state index is 13.4. The van der Waals surface area contributed by atoms with Crippen LogP contribution in [0.15, 0.2) is 68.5 Å². The minimum absolute atomic E-state index is 0.0835. The second-order valence-corrected chi connectivity index (χ2v) is 11.6. The molecule has 0 radical (unpaired) electrons. The molecule has 0 spiro atoms. The van der Waals surface area contributed by atoms with E-state index in [-0.39, 0.29) is 65.8 Å². The lowest BCUT2D eigenvalue weighted by molar-refractivity contribution is -0.139. The second-order valence-electron chi connectivity index (χ2n) is 9.68. The lowest BCUT2D eigenvalue weighted by Gasteiger charge is -2.23. The molecule has 14 heteroatoms. The number of aliphatic hydroxyl groups is 1. The molecule has 2 aromatic rings. The number of rotatable bonds is 16. The third-order valence-electron chi connectivity index (χ3n) is 6.20. The fraction of sp³-hybridized carbons (Fsp3) is 0.414. The number of hydrogen-bond acceptors (Lipinski definition) is 11. The predicted octanol–water partition coefficient (Wildman–Crippen LogP) is 3.97. The Kier molecular flexibility index (Phi) is 13.0. The van der Waals surface area contributed by atoms with Gasteiger partial charge in [-0.05, 0) is 57.0 Å². The van der Waals surface area contributed by atoms with E-state index in [4.69, 9.17) is 9.47 Å². The standard InChI is InChI=1S/C29H37N5O8S/c1-7-8-13-34-26(35)24(18-30)21(6)25(27(34)36)32-31-22-9-11-23(12-10-22)43(39,40)33(14-16-41-28(37)19(2)3)15-17-42-29(38)20(4)5/h9-12,28,35,37H,2,4,7-8,13-17H2,1,3,5-6H3. The Balaban J connectivity index is 2.34. The Bertz CT molecular complexity index is 1570. The Morgan fingerprint density at radius 2 is 1.79 bits per heavy atom. The molecule has 43 heavy (non-hydrogen) atoms. The number of esters is 1. The number of nitrogens with zero attached hydrogens (tertiary/aromatic N) is 5. The molecule has 0 amide bonds. The molecule has 1 aromatic heterocycles. The van der Waals surface area contributed by atoms with Crippen molar-refractivity contribution in [3.8, 4) is 11.9 Å². The number of aliphatic hydroxyl groups excluding tert-OH is 1. The van der Waals surface area contributed by atoms with E-state index in [0.717, 1.165) is 15.3 Å². The molecule has 13 nitrogen and oxygen atoms in total. The molecule has 0 aliphatic heterocycles. The van der Waals surface area contributed by atoms with Gasteiger partial charge in [-0.15, -0.1) is 5.11 Å². The molecule has 232 valence electrons. The normalized spacial score (nSPS) is 12.3. The van der Waals surface area contributed by atoms with Crippen molar-refractivity contribution in [2.75, 3.05) is 26.3 Å². The van der Waals surface area contributed by atoms with Gasteiger partial charge in [0.15, 0.2) is 12.0 Å². The molecule has 0 saturated carbocycles. The van der Waals surface area contributed by atoms with Crippen molar-refractivity contribution in [1.29, 1.82) is 5.26 Å². The van der Waals surface area contributed by atoms with Crippen LogP contribution in [0.25, 0.3) is 0 Å². The van der Waals surface area contributed by atoms with Crippen LogP contribution < -0.4 is 5.56 Å². The average Bonchev–Trinajstić information content (AvgIpc) is 2.96. The summed E-state index contributed by atoms with van der Waals surface area (Å²) < 4.78 is 39.3. The van der Waals surface area contributed by atoms with E-state index < -0.39 is 33.7 Å². The maximum absolute atomic E-state index is 13.4. The first-order valence-corrected chi connectivity index (χ1v) is 14.9. The van der Waals surface area contributed by atoms with Crippen molar-refractivity contribution < 1.29 is 32.9 Å². The molecular weight excluding hydrogens is 578 g/mol. The molecule has 2 rings (SSSR count). The molecule has 2 N–H and O–H groups in total. The summed E-state index contributed by atoms with van der Waals surface area (Å²) in [5.74, 6) is -1.09. The van der Waals surface area contributed by atoms with Crippen LogP contribution in [0.5, 0.6) is 5.88 Å². The average molecular weight is 616 g/mol. The number of aromatic nitrogens is 1. The SMILES string of the molecule is C=C(C)C(=O)OCCN(CCOC(O)C(=C)C)S(=O)(=O)c1ccc(N=Nc2c(C)c(C#N)c(O)n(CCCC)c2=O)cc1. The van der Waals surface area contributed by atoms with Crippen molar-refractivity contribution in [2.45, 2.75) is 58.3 Å². The van der Waals surface area contributed by atoms with Crippen LogP contribution in [0.4, 0.5) is 11.4 Å². The highest BCUT2D eigenvalue weighted by molar-refractivity contribution is 7.89. The van der Waals surface area contributed by atoms with Gasteiger partial charge in [0.2, 0.25) is 15.9 Å². The van der Waals surface area contributed by atoms with E-state index in [1.165, 1.54) is 38.1 Å². The first-order chi connectivity index (χ1) is 20.3. The Hall–Kier alpha value is -4.16. The van der Waals surface area contributed by atoms with Crippen LogP contribution in [0, 0.1) is 18.3 Å². The number of carbonyl (C=O) groups is 1. The summed E-state index contributed by atoms with van der Waals surface area (Å²) in [6, 6.07) is 7.25. The topological polar surface area (TPSA) is 184 Å². The Morgan fingerprint density at radius 1 is 1.16 bits per heavy atom. The summed E-state index contributed by atoms with van der Waals surface area (Å²) >= 11 is 0. The summed E-state index contributed by atoms with van der Waals surface area (Å²) in [7, 11) is -4.12. The van der Waals surface area contributed by atoms with Gasteiger partial charge in [-0.2, -0.15) is 14.7 Å². The van der Waals surface area contributed by atoms with Gasteiger partial charge < -0.3 is 19.7 Å².